The van der Waals surface area contributed by atoms with Crippen LogP contribution in [0.3, 0.4) is 0 Å². The van der Waals surface area contributed by atoms with Crippen LogP contribution < -0.4 is 5.73 Å². The van der Waals surface area contributed by atoms with Crippen molar-refractivity contribution >= 4 is 5.91 Å². The summed E-state index contributed by atoms with van der Waals surface area (Å²) in [4.78, 5) is 13.8. The van der Waals surface area contributed by atoms with Crippen LogP contribution in [0.4, 0.5) is 4.39 Å². The first-order valence-electron chi connectivity index (χ1n) is 5.86. The molecule has 1 atom stereocenters. The third kappa shape index (κ3) is 2.64. The van der Waals surface area contributed by atoms with Gasteiger partial charge in [-0.2, -0.15) is 0 Å². The highest BCUT2D eigenvalue weighted by Crippen LogP contribution is 2.34. The van der Waals surface area contributed by atoms with Crippen LogP contribution in [0.2, 0.25) is 0 Å². The van der Waals surface area contributed by atoms with E-state index in [0.717, 1.165) is 12.8 Å². The predicted octanol–water partition coefficient (Wildman–Crippen LogP) is 1.64. The van der Waals surface area contributed by atoms with Crippen LogP contribution in [0.25, 0.3) is 0 Å². The number of amides is 1. The zero-order valence-corrected chi connectivity index (χ0v) is 9.90. The first kappa shape index (κ1) is 12.0. The SMILES string of the molecule is CN(C(=O)c1cccc(F)c1)C(CN)C1CC1. The van der Waals surface area contributed by atoms with Gasteiger partial charge in [-0.3, -0.25) is 4.79 Å². The molecule has 2 rings (SSSR count). The number of nitrogens with two attached hydrogens (primary N) is 1. The Kier molecular flexibility index (Phi) is 3.43. The molecule has 1 saturated carbocycles. The molecule has 1 aliphatic carbocycles. The van der Waals surface area contributed by atoms with Crippen molar-refractivity contribution in [2.24, 2.45) is 11.7 Å². The topological polar surface area (TPSA) is 46.3 Å². The monoisotopic (exact) mass is 236 g/mol. The van der Waals surface area contributed by atoms with Crippen molar-refractivity contribution < 1.29 is 9.18 Å². The average Bonchev–Trinajstić information content (AvgIpc) is 3.13. The first-order chi connectivity index (χ1) is 8.13. The second-order valence-electron chi connectivity index (χ2n) is 4.57. The molecule has 17 heavy (non-hydrogen) atoms. The number of hydrogen-bond donors (Lipinski definition) is 1. The summed E-state index contributed by atoms with van der Waals surface area (Å²) in [6.45, 7) is 0.461. The van der Waals surface area contributed by atoms with Crippen molar-refractivity contribution in [1.29, 1.82) is 0 Å². The zero-order chi connectivity index (χ0) is 12.4. The largest absolute Gasteiger partial charge is 0.337 e. The van der Waals surface area contributed by atoms with Crippen LogP contribution in [0.5, 0.6) is 0 Å². The second-order valence-corrected chi connectivity index (χ2v) is 4.57. The van der Waals surface area contributed by atoms with Gasteiger partial charge in [0.05, 0.1) is 0 Å². The molecule has 2 N–H and O–H groups in total. The minimum absolute atomic E-state index is 0.0748. The fourth-order valence-electron chi connectivity index (χ4n) is 2.12. The van der Waals surface area contributed by atoms with Gasteiger partial charge in [0.2, 0.25) is 0 Å². The summed E-state index contributed by atoms with van der Waals surface area (Å²) in [5.74, 6) is -0.0330. The minimum Gasteiger partial charge on any atom is -0.337 e. The van der Waals surface area contributed by atoms with E-state index < -0.39 is 0 Å². The van der Waals surface area contributed by atoms with Gasteiger partial charge in [0, 0.05) is 25.2 Å². The smallest absolute Gasteiger partial charge is 0.254 e. The van der Waals surface area contributed by atoms with Gasteiger partial charge in [-0.25, -0.2) is 4.39 Å². The van der Waals surface area contributed by atoms with E-state index in [0.29, 0.717) is 18.0 Å². The first-order valence-corrected chi connectivity index (χ1v) is 5.86. The summed E-state index contributed by atoms with van der Waals surface area (Å²) >= 11 is 0. The number of rotatable bonds is 4. The van der Waals surface area contributed by atoms with Gasteiger partial charge in [-0.1, -0.05) is 6.07 Å². The van der Waals surface area contributed by atoms with E-state index in [2.05, 4.69) is 0 Å². The molecule has 1 fully saturated rings. The molecule has 0 saturated heterocycles. The van der Waals surface area contributed by atoms with Gasteiger partial charge in [-0.05, 0) is 37.0 Å². The molecule has 0 aromatic heterocycles. The van der Waals surface area contributed by atoms with Gasteiger partial charge in [0.15, 0.2) is 0 Å². The van der Waals surface area contributed by atoms with Crippen LogP contribution >= 0.6 is 0 Å². The molecule has 3 nitrogen and oxygen atoms in total. The zero-order valence-electron chi connectivity index (χ0n) is 9.90. The lowest BCUT2D eigenvalue weighted by Crippen LogP contribution is -2.43. The highest BCUT2D eigenvalue weighted by atomic mass is 19.1. The number of halogens is 1. The highest BCUT2D eigenvalue weighted by molar-refractivity contribution is 5.94. The third-order valence-electron chi connectivity index (χ3n) is 3.30. The van der Waals surface area contributed by atoms with Crippen molar-refractivity contribution in [3.63, 3.8) is 0 Å². The summed E-state index contributed by atoms with van der Waals surface area (Å²) in [6, 6.07) is 5.84. The number of benzene rings is 1. The molecular formula is C13H17FN2O. The van der Waals surface area contributed by atoms with Crippen molar-refractivity contribution in [3.8, 4) is 0 Å². The molecule has 1 aliphatic rings. The van der Waals surface area contributed by atoms with E-state index in [1.54, 1.807) is 24.1 Å². The standard InChI is InChI=1S/C13H17FN2O/c1-16(12(8-15)9-5-6-9)13(17)10-3-2-4-11(14)7-10/h2-4,7,9,12H,5-6,8,15H2,1H3. The van der Waals surface area contributed by atoms with Crippen molar-refractivity contribution in [2.75, 3.05) is 13.6 Å². The number of carbonyl (C=O) groups is 1. The van der Waals surface area contributed by atoms with Gasteiger partial charge < -0.3 is 10.6 Å². The van der Waals surface area contributed by atoms with E-state index in [1.807, 2.05) is 0 Å². The Morgan fingerprint density at radius 2 is 2.29 bits per heavy atom. The molecule has 1 aromatic rings. The third-order valence-corrected chi connectivity index (χ3v) is 3.30. The maximum Gasteiger partial charge on any atom is 0.254 e. The average molecular weight is 236 g/mol. The lowest BCUT2D eigenvalue weighted by Gasteiger charge is -2.27. The van der Waals surface area contributed by atoms with Gasteiger partial charge in [0.1, 0.15) is 5.82 Å². The molecule has 0 heterocycles. The Balaban J connectivity index is 2.13. The Morgan fingerprint density at radius 3 is 2.82 bits per heavy atom. The van der Waals surface area contributed by atoms with Gasteiger partial charge in [0.25, 0.3) is 5.91 Å². The molecule has 0 aliphatic heterocycles. The van der Waals surface area contributed by atoms with Crippen LogP contribution in [0.1, 0.15) is 23.2 Å². The Morgan fingerprint density at radius 1 is 1.59 bits per heavy atom. The summed E-state index contributed by atoms with van der Waals surface area (Å²) in [7, 11) is 1.74. The minimum atomic E-state index is -0.389. The molecule has 1 unspecified atom stereocenters. The molecule has 4 heteroatoms. The quantitative estimate of drug-likeness (QED) is 0.863. The van der Waals surface area contributed by atoms with Crippen LogP contribution in [0.15, 0.2) is 24.3 Å². The molecular weight excluding hydrogens is 219 g/mol. The van der Waals surface area contributed by atoms with Crippen molar-refractivity contribution in [2.45, 2.75) is 18.9 Å². The summed E-state index contributed by atoms with van der Waals surface area (Å²) in [5, 5.41) is 0. The normalized spacial score (nSPS) is 16.6. The van der Waals surface area contributed by atoms with Gasteiger partial charge >= 0.3 is 0 Å². The summed E-state index contributed by atoms with van der Waals surface area (Å²) < 4.78 is 13.0. The van der Waals surface area contributed by atoms with Crippen LogP contribution in [-0.2, 0) is 0 Å². The predicted molar refractivity (Wildman–Crippen MR) is 64.1 cm³/mol. The Bertz CT molecular complexity index is 418. The molecule has 0 radical (unpaired) electrons. The number of hydrogen-bond acceptors (Lipinski definition) is 2. The molecule has 0 spiro atoms. The molecule has 0 bridgehead atoms. The fourth-order valence-corrected chi connectivity index (χ4v) is 2.12. The second kappa shape index (κ2) is 4.84. The fraction of sp³-hybridized carbons (Fsp3) is 0.462. The molecule has 92 valence electrons. The maximum atomic E-state index is 13.0. The lowest BCUT2D eigenvalue weighted by atomic mass is 10.1. The molecule has 1 amide bonds. The van der Waals surface area contributed by atoms with Crippen LogP contribution in [0, 0.1) is 11.7 Å². The number of likely N-dealkylation sites (N-methyl/N-ethyl adjacent to an activating group) is 1. The maximum absolute atomic E-state index is 13.0. The van der Waals surface area contributed by atoms with E-state index in [4.69, 9.17) is 5.73 Å². The van der Waals surface area contributed by atoms with E-state index in [9.17, 15) is 9.18 Å². The summed E-state index contributed by atoms with van der Waals surface area (Å²) in [6.07, 6.45) is 2.26. The number of carbonyl (C=O) groups excluding carboxylic acids is 1. The van der Waals surface area contributed by atoms with Crippen molar-refractivity contribution in [3.05, 3.63) is 35.6 Å². The van der Waals surface area contributed by atoms with E-state index in [1.165, 1.54) is 12.1 Å². The van der Waals surface area contributed by atoms with Crippen molar-refractivity contribution in [1.82, 2.24) is 4.90 Å². The Hall–Kier alpha value is -1.42. The Labute approximate surface area is 100 Å². The van der Waals surface area contributed by atoms with E-state index in [-0.39, 0.29) is 17.8 Å². The highest BCUT2D eigenvalue weighted by Gasteiger charge is 2.34. The van der Waals surface area contributed by atoms with Gasteiger partial charge in [-0.15, -0.1) is 0 Å². The number of nitrogens with zero attached hydrogens (tertiary/aromatic N) is 1. The molecule has 1 aromatic carbocycles. The lowest BCUT2D eigenvalue weighted by molar-refractivity contribution is 0.0718. The van der Waals surface area contributed by atoms with Crippen LogP contribution in [-0.4, -0.2) is 30.4 Å². The summed E-state index contributed by atoms with van der Waals surface area (Å²) in [5.41, 5.74) is 6.07. The van der Waals surface area contributed by atoms with E-state index >= 15 is 0 Å².